The SMILES string of the molecule is CN(CCCO)c1nc2sc(C(=O)Nc3ccc(-c4ccc(F)nc4)cc3)cc2s1. The minimum Gasteiger partial charge on any atom is -0.396 e. The largest absolute Gasteiger partial charge is 0.396 e. The maximum absolute atomic E-state index is 13.0. The zero-order chi connectivity index (χ0) is 21.1. The van der Waals surface area contributed by atoms with Crippen LogP contribution in [-0.2, 0) is 0 Å². The first-order chi connectivity index (χ1) is 14.5. The fourth-order valence-electron chi connectivity index (χ4n) is 2.89. The Morgan fingerprint density at radius 1 is 1.17 bits per heavy atom. The molecule has 0 saturated heterocycles. The molecule has 4 rings (SSSR count). The molecule has 3 heterocycles. The molecule has 0 aliphatic rings. The third-order valence-electron chi connectivity index (χ3n) is 4.48. The molecule has 0 bridgehead atoms. The number of nitrogens with one attached hydrogen (secondary N) is 1. The standard InChI is InChI=1S/C21H19FN4O2S2/c1-26(9-2-10-27)21-25-20-17(30-21)11-16(29-20)19(28)24-15-6-3-13(4-7-15)14-5-8-18(22)23-12-14/h3-8,11-12,27H,2,9-10H2,1H3,(H,24,28). The van der Waals surface area contributed by atoms with E-state index in [1.54, 1.807) is 18.2 Å². The number of hydrogen-bond donors (Lipinski definition) is 2. The van der Waals surface area contributed by atoms with Crippen LogP contribution < -0.4 is 10.2 Å². The van der Waals surface area contributed by atoms with Crippen molar-refractivity contribution < 1.29 is 14.3 Å². The van der Waals surface area contributed by atoms with Gasteiger partial charge in [-0.2, -0.15) is 4.39 Å². The number of benzene rings is 1. The highest BCUT2D eigenvalue weighted by Gasteiger charge is 2.16. The molecule has 0 unspecified atom stereocenters. The number of nitrogens with zero attached hydrogens (tertiary/aromatic N) is 3. The summed E-state index contributed by atoms with van der Waals surface area (Å²) in [5, 5.41) is 12.7. The summed E-state index contributed by atoms with van der Waals surface area (Å²) in [6, 6.07) is 12.2. The molecule has 0 aliphatic carbocycles. The Morgan fingerprint density at radius 2 is 1.93 bits per heavy atom. The predicted molar refractivity (Wildman–Crippen MR) is 120 cm³/mol. The third-order valence-corrected chi connectivity index (χ3v) is 6.76. The number of carbonyl (C=O) groups is 1. The Hall–Kier alpha value is -2.88. The van der Waals surface area contributed by atoms with Gasteiger partial charge in [-0.15, -0.1) is 11.3 Å². The van der Waals surface area contributed by atoms with Gasteiger partial charge in [0.15, 0.2) is 5.13 Å². The zero-order valence-corrected chi connectivity index (χ0v) is 17.8. The summed E-state index contributed by atoms with van der Waals surface area (Å²) in [5.74, 6) is -0.700. The van der Waals surface area contributed by atoms with Crippen LogP contribution in [0.25, 0.3) is 20.7 Å². The van der Waals surface area contributed by atoms with Gasteiger partial charge in [0.2, 0.25) is 5.95 Å². The molecule has 0 aliphatic heterocycles. The van der Waals surface area contributed by atoms with Crippen LogP contribution in [-0.4, -0.2) is 41.2 Å². The summed E-state index contributed by atoms with van der Waals surface area (Å²) >= 11 is 2.89. The van der Waals surface area contributed by atoms with Crippen LogP contribution in [0.5, 0.6) is 0 Å². The molecule has 6 nitrogen and oxygen atoms in total. The van der Waals surface area contributed by atoms with Crippen molar-refractivity contribution in [3.8, 4) is 11.1 Å². The van der Waals surface area contributed by atoms with Gasteiger partial charge in [-0.1, -0.05) is 23.5 Å². The van der Waals surface area contributed by atoms with E-state index in [4.69, 9.17) is 5.11 Å². The van der Waals surface area contributed by atoms with Crippen LogP contribution in [0.15, 0.2) is 48.7 Å². The molecule has 0 atom stereocenters. The van der Waals surface area contributed by atoms with Crippen molar-refractivity contribution in [3.05, 3.63) is 59.5 Å². The molecular formula is C21H19FN4O2S2. The summed E-state index contributed by atoms with van der Waals surface area (Å²) in [5.41, 5.74) is 2.37. The fraction of sp³-hybridized carbons (Fsp3) is 0.190. The molecule has 0 saturated carbocycles. The lowest BCUT2D eigenvalue weighted by atomic mass is 10.1. The average molecular weight is 443 g/mol. The number of thiazole rings is 1. The number of rotatable bonds is 7. The number of fused-ring (bicyclic) bond motifs is 1. The molecule has 9 heteroatoms. The van der Waals surface area contributed by atoms with Gasteiger partial charge in [0.1, 0.15) is 4.83 Å². The molecule has 4 aromatic rings. The molecule has 154 valence electrons. The lowest BCUT2D eigenvalue weighted by Gasteiger charge is -2.13. The lowest BCUT2D eigenvalue weighted by molar-refractivity contribution is 0.103. The zero-order valence-electron chi connectivity index (χ0n) is 16.1. The smallest absolute Gasteiger partial charge is 0.265 e. The number of aliphatic hydroxyl groups excluding tert-OH is 1. The number of thiophene rings is 1. The van der Waals surface area contributed by atoms with Crippen molar-refractivity contribution in [3.63, 3.8) is 0 Å². The van der Waals surface area contributed by atoms with E-state index in [1.165, 1.54) is 34.9 Å². The van der Waals surface area contributed by atoms with Crippen molar-refractivity contribution in [1.29, 1.82) is 0 Å². The van der Waals surface area contributed by atoms with E-state index < -0.39 is 5.95 Å². The van der Waals surface area contributed by atoms with E-state index in [0.29, 0.717) is 17.0 Å². The monoisotopic (exact) mass is 442 g/mol. The Labute approximate surface area is 180 Å². The van der Waals surface area contributed by atoms with E-state index >= 15 is 0 Å². The number of carbonyl (C=O) groups excluding carboxylic acids is 1. The van der Waals surface area contributed by atoms with Gasteiger partial charge < -0.3 is 15.3 Å². The first-order valence-corrected chi connectivity index (χ1v) is 10.9. The first-order valence-electron chi connectivity index (χ1n) is 9.29. The van der Waals surface area contributed by atoms with Crippen LogP contribution in [0.1, 0.15) is 16.1 Å². The fourth-order valence-corrected chi connectivity index (χ4v) is 4.98. The number of halogens is 1. The van der Waals surface area contributed by atoms with Crippen molar-refractivity contribution >= 4 is 48.9 Å². The molecule has 30 heavy (non-hydrogen) atoms. The Morgan fingerprint density at radius 3 is 2.60 bits per heavy atom. The van der Waals surface area contributed by atoms with Gasteiger partial charge in [-0.25, -0.2) is 9.97 Å². The second-order valence-corrected chi connectivity index (χ2v) is 8.72. The van der Waals surface area contributed by atoms with Gasteiger partial charge in [-0.05, 0) is 42.3 Å². The van der Waals surface area contributed by atoms with Crippen LogP contribution in [0.2, 0.25) is 0 Å². The lowest BCUT2D eigenvalue weighted by Crippen LogP contribution is -2.18. The molecule has 2 N–H and O–H groups in total. The molecule has 0 fully saturated rings. The van der Waals surface area contributed by atoms with Gasteiger partial charge in [0, 0.05) is 37.6 Å². The van der Waals surface area contributed by atoms with Crippen LogP contribution in [0.4, 0.5) is 15.2 Å². The second kappa shape index (κ2) is 8.86. The summed E-state index contributed by atoms with van der Waals surface area (Å²) in [6.07, 6.45) is 2.16. The number of amides is 1. The van der Waals surface area contributed by atoms with Gasteiger partial charge in [0.05, 0.1) is 9.58 Å². The predicted octanol–water partition coefficient (Wildman–Crippen LogP) is 4.63. The number of anilines is 2. The van der Waals surface area contributed by atoms with Crippen LogP contribution in [0, 0.1) is 5.95 Å². The van der Waals surface area contributed by atoms with Crippen molar-refractivity contribution in [2.45, 2.75) is 6.42 Å². The quantitative estimate of drug-likeness (QED) is 0.408. The van der Waals surface area contributed by atoms with Crippen LogP contribution in [0.3, 0.4) is 0 Å². The second-order valence-electron chi connectivity index (χ2n) is 6.68. The van der Waals surface area contributed by atoms with Crippen molar-refractivity contribution in [2.24, 2.45) is 0 Å². The van der Waals surface area contributed by atoms with Gasteiger partial charge in [-0.3, -0.25) is 4.79 Å². The number of aliphatic hydroxyl groups is 1. The summed E-state index contributed by atoms with van der Waals surface area (Å²) in [6.45, 7) is 0.880. The van der Waals surface area contributed by atoms with Gasteiger partial charge in [0.25, 0.3) is 5.91 Å². The van der Waals surface area contributed by atoms with E-state index in [9.17, 15) is 9.18 Å². The van der Waals surface area contributed by atoms with E-state index in [0.717, 1.165) is 32.3 Å². The highest BCUT2D eigenvalue weighted by molar-refractivity contribution is 7.29. The number of hydrogen-bond acceptors (Lipinski definition) is 7. The molecule has 1 amide bonds. The summed E-state index contributed by atoms with van der Waals surface area (Å²) < 4.78 is 13.9. The van der Waals surface area contributed by atoms with E-state index in [1.807, 2.05) is 30.1 Å². The van der Waals surface area contributed by atoms with Crippen molar-refractivity contribution in [2.75, 3.05) is 30.4 Å². The first kappa shape index (κ1) is 20.4. The molecule has 0 radical (unpaired) electrons. The number of pyridine rings is 1. The highest BCUT2D eigenvalue weighted by atomic mass is 32.1. The Balaban J connectivity index is 1.43. The highest BCUT2D eigenvalue weighted by Crippen LogP contribution is 2.34. The maximum atomic E-state index is 13.0. The average Bonchev–Trinajstić information content (AvgIpc) is 3.33. The Kier molecular flexibility index (Phi) is 6.03. The number of aromatic nitrogens is 2. The summed E-state index contributed by atoms with van der Waals surface area (Å²) in [7, 11) is 1.94. The summed E-state index contributed by atoms with van der Waals surface area (Å²) in [4.78, 5) is 24.3. The minimum atomic E-state index is -0.517. The molecule has 0 spiro atoms. The van der Waals surface area contributed by atoms with Crippen molar-refractivity contribution in [1.82, 2.24) is 9.97 Å². The normalized spacial score (nSPS) is 11.0. The Bertz CT molecular complexity index is 1120. The molecule has 3 aromatic heterocycles. The topological polar surface area (TPSA) is 78.3 Å². The van der Waals surface area contributed by atoms with E-state index in [2.05, 4.69) is 15.3 Å². The molecule has 1 aromatic carbocycles. The van der Waals surface area contributed by atoms with Gasteiger partial charge >= 0.3 is 0 Å². The van der Waals surface area contributed by atoms with Crippen LogP contribution >= 0.6 is 22.7 Å². The maximum Gasteiger partial charge on any atom is 0.265 e. The van der Waals surface area contributed by atoms with E-state index in [-0.39, 0.29) is 12.5 Å². The molecular weight excluding hydrogens is 423 g/mol. The third kappa shape index (κ3) is 4.48. The minimum absolute atomic E-state index is 0.149.